The second-order valence-corrected chi connectivity index (χ2v) is 2.47. The van der Waals surface area contributed by atoms with E-state index in [0.717, 1.165) is 0 Å². The molecular weight excluding hydrogens is 176 g/mol. The van der Waals surface area contributed by atoms with Crippen molar-refractivity contribution in [2.45, 2.75) is 13.8 Å². The number of rotatable bonds is 3. The largest absolute Gasteiger partial charge is 0.399 e. The van der Waals surface area contributed by atoms with Crippen molar-refractivity contribution in [3.05, 3.63) is 0 Å². The molecule has 6 heteroatoms. The SMILES string of the molecule is CO/N=C(C)/C(C)=N/NC(N)=S. The van der Waals surface area contributed by atoms with E-state index >= 15 is 0 Å². The molecular formula is C6H12N4OS. The number of nitrogens with one attached hydrogen (secondary N) is 1. The molecule has 0 fully saturated rings. The summed E-state index contributed by atoms with van der Waals surface area (Å²) in [5.41, 5.74) is 8.94. The molecule has 0 aromatic carbocycles. The number of nitrogens with zero attached hydrogens (tertiary/aromatic N) is 2. The van der Waals surface area contributed by atoms with Crippen LogP contribution in [0, 0.1) is 0 Å². The van der Waals surface area contributed by atoms with Crippen LogP contribution in [-0.4, -0.2) is 23.6 Å². The summed E-state index contributed by atoms with van der Waals surface area (Å²) in [7, 11) is 1.47. The van der Waals surface area contributed by atoms with Gasteiger partial charge in [0.25, 0.3) is 0 Å². The summed E-state index contributed by atoms with van der Waals surface area (Å²) in [4.78, 5) is 4.55. The number of oxime groups is 1. The zero-order valence-electron chi connectivity index (χ0n) is 7.29. The van der Waals surface area contributed by atoms with Crippen LogP contribution in [0.4, 0.5) is 0 Å². The quantitative estimate of drug-likeness (QED) is 0.377. The van der Waals surface area contributed by atoms with Crippen molar-refractivity contribution in [1.29, 1.82) is 0 Å². The van der Waals surface area contributed by atoms with Crippen LogP contribution in [0.15, 0.2) is 10.3 Å². The first kappa shape index (κ1) is 10.8. The molecule has 3 N–H and O–H groups in total. The van der Waals surface area contributed by atoms with Gasteiger partial charge in [-0.15, -0.1) is 0 Å². The predicted molar refractivity (Wildman–Crippen MR) is 53.1 cm³/mol. The Morgan fingerprint density at radius 3 is 2.42 bits per heavy atom. The van der Waals surface area contributed by atoms with Gasteiger partial charge in [0.15, 0.2) is 5.11 Å². The number of thiocarbonyl (C=S) groups is 1. The molecule has 12 heavy (non-hydrogen) atoms. The summed E-state index contributed by atoms with van der Waals surface area (Å²) in [5.74, 6) is 0. The van der Waals surface area contributed by atoms with Crippen molar-refractivity contribution < 1.29 is 4.84 Å². The third-order valence-corrected chi connectivity index (χ3v) is 1.18. The van der Waals surface area contributed by atoms with Crippen molar-refractivity contribution in [1.82, 2.24) is 5.43 Å². The van der Waals surface area contributed by atoms with Gasteiger partial charge in [-0.05, 0) is 26.1 Å². The zero-order chi connectivity index (χ0) is 9.56. The van der Waals surface area contributed by atoms with Crippen LogP contribution in [0.3, 0.4) is 0 Å². The molecule has 0 rings (SSSR count). The monoisotopic (exact) mass is 188 g/mol. The zero-order valence-corrected chi connectivity index (χ0v) is 8.10. The second kappa shape index (κ2) is 5.48. The molecule has 0 aliphatic carbocycles. The van der Waals surface area contributed by atoms with Crippen LogP contribution >= 0.6 is 12.2 Å². The molecule has 0 saturated carbocycles. The molecule has 68 valence electrons. The maximum Gasteiger partial charge on any atom is 0.184 e. The van der Waals surface area contributed by atoms with E-state index in [1.165, 1.54) is 7.11 Å². The van der Waals surface area contributed by atoms with Crippen molar-refractivity contribution in [3.63, 3.8) is 0 Å². The van der Waals surface area contributed by atoms with E-state index in [1.807, 2.05) is 0 Å². The van der Waals surface area contributed by atoms with Gasteiger partial charge in [0.05, 0.1) is 11.4 Å². The maximum absolute atomic E-state index is 5.16. The Morgan fingerprint density at radius 2 is 2.00 bits per heavy atom. The first-order chi connectivity index (χ1) is 5.57. The molecule has 0 aliphatic heterocycles. The van der Waals surface area contributed by atoms with Gasteiger partial charge in [-0.3, -0.25) is 5.43 Å². The Kier molecular flexibility index (Phi) is 4.94. The average Bonchev–Trinajstić information content (AvgIpc) is 2.00. The van der Waals surface area contributed by atoms with Crippen molar-refractivity contribution >= 4 is 28.8 Å². The number of hydrogen-bond acceptors (Lipinski definition) is 4. The Labute approximate surface area is 76.6 Å². The maximum atomic E-state index is 5.16. The summed E-state index contributed by atoms with van der Waals surface area (Å²) in [6.45, 7) is 3.53. The molecule has 0 bridgehead atoms. The normalized spacial score (nSPS) is 12.6. The minimum atomic E-state index is 0.125. The first-order valence-electron chi connectivity index (χ1n) is 3.25. The summed E-state index contributed by atoms with van der Waals surface area (Å²) in [6, 6.07) is 0. The number of hydrazone groups is 1. The fourth-order valence-electron chi connectivity index (χ4n) is 0.423. The summed E-state index contributed by atoms with van der Waals surface area (Å²) >= 11 is 4.55. The Balaban J connectivity index is 4.17. The Hall–Kier alpha value is -1.17. The molecule has 0 unspecified atom stereocenters. The molecule has 0 aromatic heterocycles. The summed E-state index contributed by atoms with van der Waals surface area (Å²) < 4.78 is 0. The van der Waals surface area contributed by atoms with Crippen LogP contribution in [0.1, 0.15) is 13.8 Å². The van der Waals surface area contributed by atoms with E-state index in [4.69, 9.17) is 5.73 Å². The molecule has 0 amide bonds. The van der Waals surface area contributed by atoms with E-state index in [1.54, 1.807) is 13.8 Å². The van der Waals surface area contributed by atoms with Gasteiger partial charge in [0.1, 0.15) is 7.11 Å². The molecule has 0 radical (unpaired) electrons. The highest BCUT2D eigenvalue weighted by atomic mass is 32.1. The van der Waals surface area contributed by atoms with E-state index in [9.17, 15) is 0 Å². The van der Waals surface area contributed by atoms with Crippen LogP contribution < -0.4 is 11.2 Å². The lowest BCUT2D eigenvalue weighted by atomic mass is 10.3. The number of hydrogen-bond donors (Lipinski definition) is 2. The topological polar surface area (TPSA) is 72.0 Å². The molecule has 0 aromatic rings. The lowest BCUT2D eigenvalue weighted by molar-refractivity contribution is 0.214. The molecule has 0 spiro atoms. The fourth-order valence-corrected chi connectivity index (χ4v) is 0.468. The van der Waals surface area contributed by atoms with Crippen LogP contribution in [0.2, 0.25) is 0 Å². The van der Waals surface area contributed by atoms with Gasteiger partial charge < -0.3 is 10.6 Å². The van der Waals surface area contributed by atoms with Gasteiger partial charge in [-0.1, -0.05) is 5.16 Å². The summed E-state index contributed by atoms with van der Waals surface area (Å²) in [6.07, 6.45) is 0. The van der Waals surface area contributed by atoms with Crippen LogP contribution in [0.5, 0.6) is 0 Å². The third-order valence-electron chi connectivity index (χ3n) is 1.09. The standard InChI is InChI=1S/C6H12N4OS/c1-4(5(2)10-11-3)8-9-6(7)12/h1-3H3,(H3,7,9,12)/b8-4+,10-5+. The molecule has 5 nitrogen and oxygen atoms in total. The lowest BCUT2D eigenvalue weighted by Gasteiger charge is -1.99. The number of nitrogens with two attached hydrogens (primary N) is 1. The van der Waals surface area contributed by atoms with Gasteiger partial charge in [-0.2, -0.15) is 5.10 Å². The van der Waals surface area contributed by atoms with Crippen LogP contribution in [0.25, 0.3) is 0 Å². The highest BCUT2D eigenvalue weighted by Crippen LogP contribution is 1.83. The van der Waals surface area contributed by atoms with Crippen molar-refractivity contribution in [2.24, 2.45) is 16.0 Å². The highest BCUT2D eigenvalue weighted by molar-refractivity contribution is 7.80. The Morgan fingerprint density at radius 1 is 1.42 bits per heavy atom. The van der Waals surface area contributed by atoms with Gasteiger partial charge in [-0.25, -0.2) is 0 Å². The van der Waals surface area contributed by atoms with Gasteiger partial charge in [0, 0.05) is 0 Å². The van der Waals surface area contributed by atoms with Crippen molar-refractivity contribution in [2.75, 3.05) is 7.11 Å². The average molecular weight is 188 g/mol. The Bertz CT molecular complexity index is 224. The van der Waals surface area contributed by atoms with E-state index < -0.39 is 0 Å². The predicted octanol–water partition coefficient (Wildman–Crippen LogP) is 0.218. The highest BCUT2D eigenvalue weighted by Gasteiger charge is 1.96. The summed E-state index contributed by atoms with van der Waals surface area (Å²) in [5, 5.41) is 7.62. The smallest absolute Gasteiger partial charge is 0.184 e. The molecule has 0 heterocycles. The van der Waals surface area contributed by atoms with E-state index in [-0.39, 0.29) is 5.11 Å². The van der Waals surface area contributed by atoms with E-state index in [0.29, 0.717) is 11.4 Å². The third kappa shape index (κ3) is 4.62. The van der Waals surface area contributed by atoms with Crippen LogP contribution in [-0.2, 0) is 4.84 Å². The van der Waals surface area contributed by atoms with E-state index in [2.05, 4.69) is 32.7 Å². The van der Waals surface area contributed by atoms with Gasteiger partial charge in [0.2, 0.25) is 0 Å². The van der Waals surface area contributed by atoms with Crippen molar-refractivity contribution in [3.8, 4) is 0 Å². The van der Waals surface area contributed by atoms with Gasteiger partial charge >= 0.3 is 0 Å². The molecule has 0 saturated heterocycles. The molecule has 0 atom stereocenters. The first-order valence-corrected chi connectivity index (χ1v) is 3.66. The molecule has 0 aliphatic rings. The minimum absolute atomic E-state index is 0.125. The minimum Gasteiger partial charge on any atom is -0.399 e. The second-order valence-electron chi connectivity index (χ2n) is 2.03. The lowest BCUT2D eigenvalue weighted by Crippen LogP contribution is -2.26. The fraction of sp³-hybridized carbons (Fsp3) is 0.500.